The minimum absolute atomic E-state index is 0.112. The number of nitrogens with one attached hydrogen (secondary N) is 1. The highest BCUT2D eigenvalue weighted by Crippen LogP contribution is 2.10. The van der Waals surface area contributed by atoms with Gasteiger partial charge in [-0.1, -0.05) is 5.16 Å². The summed E-state index contributed by atoms with van der Waals surface area (Å²) in [6.07, 6.45) is 0.0269. The topological polar surface area (TPSA) is 117 Å². The summed E-state index contributed by atoms with van der Waals surface area (Å²) >= 11 is 0. The van der Waals surface area contributed by atoms with E-state index in [-0.39, 0.29) is 24.2 Å². The van der Waals surface area contributed by atoms with Crippen molar-refractivity contribution in [3.05, 3.63) is 0 Å². The van der Waals surface area contributed by atoms with Crippen LogP contribution in [0.3, 0.4) is 0 Å². The number of likely N-dealkylation sites (tertiary alicyclic amines) is 1. The lowest BCUT2D eigenvalue weighted by Crippen LogP contribution is -2.39. The smallest absolute Gasteiger partial charge is 0.407 e. The predicted octanol–water partition coefficient (Wildman–Crippen LogP) is -0.920. The first-order valence-electron chi connectivity index (χ1n) is 5.15. The van der Waals surface area contributed by atoms with Crippen LogP contribution in [0, 0.1) is 0 Å². The average molecular weight is 244 g/mol. The third kappa shape index (κ3) is 3.82. The van der Waals surface area contributed by atoms with Gasteiger partial charge in [0.15, 0.2) is 0 Å². The Morgan fingerprint density at radius 3 is 2.94 bits per heavy atom. The van der Waals surface area contributed by atoms with Crippen LogP contribution in [0.25, 0.3) is 0 Å². The maximum absolute atomic E-state index is 11.6. The monoisotopic (exact) mass is 244 g/mol. The summed E-state index contributed by atoms with van der Waals surface area (Å²) in [6, 6.07) is -0.112. The molecule has 0 aromatic rings. The fourth-order valence-electron chi connectivity index (χ4n) is 1.63. The largest absolute Gasteiger partial charge is 0.453 e. The van der Waals surface area contributed by atoms with E-state index in [0.29, 0.717) is 19.5 Å². The first-order chi connectivity index (χ1) is 8.06. The van der Waals surface area contributed by atoms with E-state index < -0.39 is 6.09 Å². The van der Waals surface area contributed by atoms with Crippen LogP contribution in [0.15, 0.2) is 5.16 Å². The molecule has 1 heterocycles. The van der Waals surface area contributed by atoms with Gasteiger partial charge in [0.2, 0.25) is 5.91 Å². The van der Waals surface area contributed by atoms with E-state index in [0.717, 1.165) is 0 Å². The molecule has 8 nitrogen and oxygen atoms in total. The fourth-order valence-corrected chi connectivity index (χ4v) is 1.63. The number of alkyl carbamates (subject to hydrolysis) is 1. The molecule has 1 aliphatic heterocycles. The van der Waals surface area contributed by atoms with Crippen molar-refractivity contribution in [1.82, 2.24) is 10.2 Å². The maximum atomic E-state index is 11.6. The summed E-state index contributed by atoms with van der Waals surface area (Å²) < 4.78 is 4.46. The van der Waals surface area contributed by atoms with Crippen LogP contribution >= 0.6 is 0 Å². The molecule has 0 spiro atoms. The molecule has 1 atom stereocenters. The Morgan fingerprint density at radius 2 is 2.35 bits per heavy atom. The number of carbonyl (C=O) groups is 2. The van der Waals surface area contributed by atoms with Crippen LogP contribution in [0.1, 0.15) is 12.8 Å². The molecule has 1 aliphatic rings. The fraction of sp³-hybridized carbons (Fsp3) is 0.667. The third-order valence-corrected chi connectivity index (χ3v) is 2.51. The van der Waals surface area contributed by atoms with E-state index in [2.05, 4.69) is 15.2 Å². The lowest BCUT2D eigenvalue weighted by Gasteiger charge is -2.16. The molecule has 1 unspecified atom stereocenters. The van der Waals surface area contributed by atoms with Gasteiger partial charge in [0.05, 0.1) is 19.6 Å². The van der Waals surface area contributed by atoms with E-state index in [1.807, 2.05) is 0 Å². The van der Waals surface area contributed by atoms with Crippen molar-refractivity contribution in [2.24, 2.45) is 10.9 Å². The molecule has 0 aromatic heterocycles. The Hall–Kier alpha value is -1.99. The molecule has 4 N–H and O–H groups in total. The molecule has 1 saturated heterocycles. The van der Waals surface area contributed by atoms with E-state index in [1.165, 1.54) is 7.11 Å². The summed E-state index contributed by atoms with van der Waals surface area (Å²) in [5, 5.41) is 13.7. The molecule has 0 saturated carbocycles. The SMILES string of the molecule is COC(=O)NC1CCN(C(=O)CC(N)=NO)C1. The zero-order valence-electron chi connectivity index (χ0n) is 9.55. The normalized spacial score (nSPS) is 20.2. The van der Waals surface area contributed by atoms with Gasteiger partial charge in [-0.25, -0.2) is 4.79 Å². The van der Waals surface area contributed by atoms with Gasteiger partial charge in [0.25, 0.3) is 0 Å². The van der Waals surface area contributed by atoms with Crippen LogP contribution < -0.4 is 11.1 Å². The highest BCUT2D eigenvalue weighted by Gasteiger charge is 2.27. The van der Waals surface area contributed by atoms with Crippen molar-refractivity contribution in [3.8, 4) is 0 Å². The van der Waals surface area contributed by atoms with E-state index in [1.54, 1.807) is 4.90 Å². The molecule has 0 aliphatic carbocycles. The summed E-state index contributed by atoms with van der Waals surface area (Å²) in [5.74, 6) is -0.353. The molecule has 0 bridgehead atoms. The molecule has 0 aromatic carbocycles. The summed E-state index contributed by atoms with van der Waals surface area (Å²) in [7, 11) is 1.28. The molecule has 1 rings (SSSR count). The molecule has 8 heteroatoms. The predicted molar refractivity (Wildman–Crippen MR) is 58.6 cm³/mol. The van der Waals surface area contributed by atoms with Gasteiger partial charge < -0.3 is 25.9 Å². The van der Waals surface area contributed by atoms with E-state index in [9.17, 15) is 9.59 Å². The van der Waals surface area contributed by atoms with Gasteiger partial charge in [0.1, 0.15) is 5.84 Å². The van der Waals surface area contributed by atoms with Gasteiger partial charge >= 0.3 is 6.09 Å². The Kier molecular flexibility index (Phi) is 4.56. The zero-order valence-corrected chi connectivity index (χ0v) is 9.55. The Labute approximate surface area is 98.4 Å². The first-order valence-corrected chi connectivity index (χ1v) is 5.15. The highest BCUT2D eigenvalue weighted by atomic mass is 16.5. The number of hydrogen-bond donors (Lipinski definition) is 3. The van der Waals surface area contributed by atoms with Crippen LogP contribution in [0.5, 0.6) is 0 Å². The third-order valence-electron chi connectivity index (χ3n) is 2.51. The van der Waals surface area contributed by atoms with E-state index >= 15 is 0 Å². The minimum atomic E-state index is -0.513. The molecular formula is C9H16N4O4. The second-order valence-electron chi connectivity index (χ2n) is 3.73. The summed E-state index contributed by atoms with van der Waals surface area (Å²) in [6.45, 7) is 0.943. The molecule has 96 valence electrons. The second kappa shape index (κ2) is 5.92. The first kappa shape index (κ1) is 13.1. The number of nitrogens with two attached hydrogens (primary N) is 1. The number of amides is 2. The molecular weight excluding hydrogens is 228 g/mol. The zero-order chi connectivity index (χ0) is 12.8. The number of nitrogens with zero attached hydrogens (tertiary/aromatic N) is 2. The van der Waals surface area contributed by atoms with E-state index in [4.69, 9.17) is 10.9 Å². The molecule has 1 fully saturated rings. The van der Waals surface area contributed by atoms with Crippen molar-refractivity contribution in [2.75, 3.05) is 20.2 Å². The van der Waals surface area contributed by atoms with Crippen molar-refractivity contribution >= 4 is 17.8 Å². The second-order valence-corrected chi connectivity index (χ2v) is 3.73. The highest BCUT2D eigenvalue weighted by molar-refractivity contribution is 5.98. The summed E-state index contributed by atoms with van der Waals surface area (Å²) in [5.41, 5.74) is 5.24. The Bertz CT molecular complexity index is 331. The molecule has 17 heavy (non-hydrogen) atoms. The quantitative estimate of drug-likeness (QED) is 0.257. The number of hydrogen-bond acceptors (Lipinski definition) is 5. The molecule has 2 amide bonds. The van der Waals surface area contributed by atoms with Crippen LogP contribution in [0.4, 0.5) is 4.79 Å². The van der Waals surface area contributed by atoms with Gasteiger partial charge in [-0.15, -0.1) is 0 Å². The van der Waals surface area contributed by atoms with Crippen molar-refractivity contribution in [3.63, 3.8) is 0 Å². The molecule has 0 radical (unpaired) electrons. The minimum Gasteiger partial charge on any atom is -0.453 e. The number of amidine groups is 1. The Morgan fingerprint density at radius 1 is 1.65 bits per heavy atom. The van der Waals surface area contributed by atoms with Crippen LogP contribution in [-0.4, -0.2) is 54.2 Å². The van der Waals surface area contributed by atoms with Crippen molar-refractivity contribution in [1.29, 1.82) is 0 Å². The van der Waals surface area contributed by atoms with Crippen molar-refractivity contribution in [2.45, 2.75) is 18.9 Å². The summed E-state index contributed by atoms with van der Waals surface area (Å²) in [4.78, 5) is 24.1. The lowest BCUT2D eigenvalue weighted by atomic mass is 10.3. The van der Waals surface area contributed by atoms with Crippen molar-refractivity contribution < 1.29 is 19.5 Å². The number of carbonyl (C=O) groups excluding carboxylic acids is 2. The average Bonchev–Trinajstić information content (AvgIpc) is 2.77. The number of ether oxygens (including phenoxy) is 1. The number of oxime groups is 1. The van der Waals surface area contributed by atoms with Gasteiger partial charge in [-0.2, -0.15) is 0 Å². The van der Waals surface area contributed by atoms with Crippen LogP contribution in [0.2, 0.25) is 0 Å². The van der Waals surface area contributed by atoms with Gasteiger partial charge in [-0.05, 0) is 6.42 Å². The maximum Gasteiger partial charge on any atom is 0.407 e. The number of methoxy groups -OCH3 is 1. The lowest BCUT2D eigenvalue weighted by molar-refractivity contribution is -0.128. The number of rotatable bonds is 3. The Balaban J connectivity index is 2.39. The van der Waals surface area contributed by atoms with Gasteiger partial charge in [-0.3, -0.25) is 4.79 Å². The van der Waals surface area contributed by atoms with Crippen LogP contribution in [-0.2, 0) is 9.53 Å². The standard InChI is InChI=1S/C9H16N4O4/c1-17-9(15)11-6-2-3-13(5-6)8(14)4-7(10)12-16/h6,16H,2-5H2,1H3,(H2,10,12)(H,11,15). The van der Waals surface area contributed by atoms with Gasteiger partial charge in [0, 0.05) is 13.1 Å².